The molecule has 0 spiro atoms. The lowest BCUT2D eigenvalue weighted by molar-refractivity contribution is -0.135. The monoisotopic (exact) mass is 455 g/mol. The van der Waals surface area contributed by atoms with E-state index in [9.17, 15) is 14.4 Å². The molecule has 1 atom stereocenters. The third-order valence-corrected chi connectivity index (χ3v) is 5.44. The van der Waals surface area contributed by atoms with Crippen LogP contribution in [0.1, 0.15) is 33.6 Å². The Morgan fingerprint density at radius 3 is 2.85 bits per heavy atom. The molecule has 1 aromatic heterocycles. The average molecular weight is 456 g/mol. The number of amides is 3. The van der Waals surface area contributed by atoms with Crippen LogP contribution in [0.4, 0.5) is 0 Å². The van der Waals surface area contributed by atoms with Gasteiger partial charge in [0.1, 0.15) is 17.6 Å². The van der Waals surface area contributed by atoms with Crippen molar-refractivity contribution in [3.8, 4) is 17.1 Å². The maximum absolute atomic E-state index is 12.8. The molecule has 9 nitrogen and oxygen atoms in total. The van der Waals surface area contributed by atoms with E-state index in [1.165, 1.54) is 11.8 Å². The first-order valence-electron chi connectivity index (χ1n) is 11.4. The molecule has 2 bridgehead atoms. The maximum atomic E-state index is 12.8. The van der Waals surface area contributed by atoms with Gasteiger partial charge >= 0.3 is 0 Å². The molecule has 9 heteroatoms. The number of ether oxygens (including phenoxy) is 1. The van der Waals surface area contributed by atoms with E-state index in [1.807, 2.05) is 48.9 Å². The molecular formula is C24H33N5O4. The first-order chi connectivity index (χ1) is 15.8. The lowest BCUT2D eigenvalue weighted by Crippen LogP contribution is -2.51. The van der Waals surface area contributed by atoms with E-state index in [2.05, 4.69) is 15.6 Å². The van der Waals surface area contributed by atoms with Crippen LogP contribution < -0.4 is 15.4 Å². The van der Waals surface area contributed by atoms with Gasteiger partial charge < -0.3 is 24.8 Å². The molecule has 0 aliphatic carbocycles. The zero-order chi connectivity index (χ0) is 23.8. The number of hydrogen-bond acceptors (Lipinski definition) is 5. The molecule has 2 heterocycles. The second kappa shape index (κ2) is 11.5. The number of benzene rings is 1. The van der Waals surface area contributed by atoms with Crippen molar-refractivity contribution >= 4 is 17.7 Å². The van der Waals surface area contributed by atoms with Crippen molar-refractivity contribution in [2.24, 2.45) is 5.92 Å². The Morgan fingerprint density at radius 2 is 2.09 bits per heavy atom. The molecule has 2 N–H and O–H groups in total. The fourth-order valence-electron chi connectivity index (χ4n) is 3.81. The van der Waals surface area contributed by atoms with E-state index < -0.39 is 6.04 Å². The normalized spacial score (nSPS) is 18.4. The smallest absolute Gasteiger partial charge is 0.242 e. The van der Waals surface area contributed by atoms with Crippen LogP contribution in [-0.2, 0) is 20.9 Å². The van der Waals surface area contributed by atoms with Gasteiger partial charge in [-0.2, -0.15) is 0 Å². The molecule has 0 saturated carbocycles. The molecule has 2 aromatic rings. The summed E-state index contributed by atoms with van der Waals surface area (Å²) in [5, 5.41) is 5.74. The summed E-state index contributed by atoms with van der Waals surface area (Å²) in [4.78, 5) is 43.5. The molecule has 3 amide bonds. The Balaban J connectivity index is 1.83. The van der Waals surface area contributed by atoms with Gasteiger partial charge in [0.2, 0.25) is 17.7 Å². The SMILES string of the molecule is CC(=O)N1CCCOc2cccc(c2)-c2nccn2CCNC(=O)[C@@H](CC(C)C)NC(=O)C1. The van der Waals surface area contributed by atoms with Crippen molar-refractivity contribution in [2.45, 2.75) is 46.2 Å². The second-order valence-corrected chi connectivity index (χ2v) is 8.66. The number of aromatic nitrogens is 2. The van der Waals surface area contributed by atoms with E-state index in [0.717, 1.165) is 11.4 Å². The van der Waals surface area contributed by atoms with Crippen LogP contribution in [0.15, 0.2) is 36.7 Å². The van der Waals surface area contributed by atoms with Crippen molar-refractivity contribution in [3.63, 3.8) is 0 Å². The summed E-state index contributed by atoms with van der Waals surface area (Å²) < 4.78 is 7.86. The number of carbonyl (C=O) groups is 3. The van der Waals surface area contributed by atoms with Gasteiger partial charge in [0, 0.05) is 44.5 Å². The summed E-state index contributed by atoms with van der Waals surface area (Å²) in [6, 6.07) is 7.02. The molecule has 1 aliphatic rings. The van der Waals surface area contributed by atoms with Gasteiger partial charge in [-0.05, 0) is 30.9 Å². The third kappa shape index (κ3) is 7.06. The number of imidazole rings is 1. The maximum Gasteiger partial charge on any atom is 0.242 e. The zero-order valence-corrected chi connectivity index (χ0v) is 19.5. The average Bonchev–Trinajstić information content (AvgIpc) is 3.23. The molecule has 178 valence electrons. The fraction of sp³-hybridized carbons (Fsp3) is 0.500. The highest BCUT2D eigenvalue weighted by Gasteiger charge is 2.23. The molecule has 1 aliphatic heterocycles. The highest BCUT2D eigenvalue weighted by atomic mass is 16.5. The molecular weight excluding hydrogens is 422 g/mol. The quantitative estimate of drug-likeness (QED) is 0.719. The first-order valence-corrected chi connectivity index (χ1v) is 11.4. The van der Waals surface area contributed by atoms with Gasteiger partial charge in [0.15, 0.2) is 0 Å². The molecule has 0 saturated heterocycles. The Kier molecular flexibility index (Phi) is 8.46. The van der Waals surface area contributed by atoms with Crippen molar-refractivity contribution in [1.82, 2.24) is 25.1 Å². The second-order valence-electron chi connectivity index (χ2n) is 8.66. The van der Waals surface area contributed by atoms with Crippen molar-refractivity contribution in [3.05, 3.63) is 36.7 Å². The standard InChI is InChI=1S/C24H33N5O4/c1-17(2)14-21-24(32)26-9-12-28-11-8-25-23(28)19-6-4-7-20(15-19)33-13-5-10-29(18(3)30)16-22(31)27-21/h4,6-8,11,15,17,21H,5,9-10,12-14,16H2,1-3H3,(H,26,32)(H,27,31)/t21-/m1/s1. The number of rotatable bonds is 2. The largest absolute Gasteiger partial charge is 0.494 e. The summed E-state index contributed by atoms with van der Waals surface area (Å²) in [6.07, 6.45) is 4.68. The van der Waals surface area contributed by atoms with E-state index in [4.69, 9.17) is 4.74 Å². The molecule has 33 heavy (non-hydrogen) atoms. The number of nitrogens with one attached hydrogen (secondary N) is 2. The van der Waals surface area contributed by atoms with Gasteiger partial charge in [0.25, 0.3) is 0 Å². The van der Waals surface area contributed by atoms with Crippen LogP contribution in [0.5, 0.6) is 5.75 Å². The van der Waals surface area contributed by atoms with Crippen LogP contribution in [0, 0.1) is 5.92 Å². The molecule has 1 aromatic carbocycles. The summed E-state index contributed by atoms with van der Waals surface area (Å²) in [5.74, 6) is 0.929. The number of nitrogens with zero attached hydrogens (tertiary/aromatic N) is 3. The van der Waals surface area contributed by atoms with Crippen molar-refractivity contribution in [2.75, 3.05) is 26.2 Å². The van der Waals surface area contributed by atoms with Crippen LogP contribution >= 0.6 is 0 Å². The molecule has 0 radical (unpaired) electrons. The van der Waals surface area contributed by atoms with Crippen molar-refractivity contribution < 1.29 is 19.1 Å². The molecule has 0 fully saturated rings. The number of fused-ring (bicyclic) bond motifs is 4. The topological polar surface area (TPSA) is 106 Å². The minimum atomic E-state index is -0.660. The minimum absolute atomic E-state index is 0.0922. The Labute approximate surface area is 194 Å². The molecule has 0 unspecified atom stereocenters. The predicted molar refractivity (Wildman–Crippen MR) is 124 cm³/mol. The van der Waals surface area contributed by atoms with Gasteiger partial charge in [-0.25, -0.2) is 4.98 Å². The highest BCUT2D eigenvalue weighted by molar-refractivity contribution is 5.89. The van der Waals surface area contributed by atoms with Crippen LogP contribution in [0.25, 0.3) is 11.4 Å². The Morgan fingerprint density at radius 1 is 1.27 bits per heavy atom. The highest BCUT2D eigenvalue weighted by Crippen LogP contribution is 2.23. The van der Waals surface area contributed by atoms with Crippen LogP contribution in [-0.4, -0.2) is 64.5 Å². The van der Waals surface area contributed by atoms with Gasteiger partial charge in [-0.3, -0.25) is 14.4 Å². The van der Waals surface area contributed by atoms with Gasteiger partial charge in [0.05, 0.1) is 13.2 Å². The summed E-state index contributed by atoms with van der Waals surface area (Å²) in [6.45, 7) is 7.05. The minimum Gasteiger partial charge on any atom is -0.494 e. The van der Waals surface area contributed by atoms with Gasteiger partial charge in [-0.15, -0.1) is 0 Å². The lowest BCUT2D eigenvalue weighted by Gasteiger charge is -2.24. The van der Waals surface area contributed by atoms with E-state index >= 15 is 0 Å². The third-order valence-electron chi connectivity index (χ3n) is 5.44. The van der Waals surface area contributed by atoms with E-state index in [0.29, 0.717) is 44.8 Å². The summed E-state index contributed by atoms with van der Waals surface area (Å²) in [7, 11) is 0. The van der Waals surface area contributed by atoms with Crippen LogP contribution in [0.3, 0.4) is 0 Å². The van der Waals surface area contributed by atoms with E-state index in [-0.39, 0.29) is 30.2 Å². The van der Waals surface area contributed by atoms with E-state index in [1.54, 1.807) is 6.20 Å². The zero-order valence-electron chi connectivity index (χ0n) is 19.5. The Hall–Kier alpha value is -3.36. The molecule has 3 rings (SSSR count). The first kappa shape index (κ1) is 24.3. The number of hydrogen-bond donors (Lipinski definition) is 2. The summed E-state index contributed by atoms with van der Waals surface area (Å²) in [5.41, 5.74) is 0.917. The van der Waals surface area contributed by atoms with Gasteiger partial charge in [-0.1, -0.05) is 26.0 Å². The summed E-state index contributed by atoms with van der Waals surface area (Å²) >= 11 is 0. The Bertz CT molecular complexity index is 971. The van der Waals surface area contributed by atoms with Crippen LogP contribution in [0.2, 0.25) is 0 Å². The lowest BCUT2D eigenvalue weighted by atomic mass is 10.0. The van der Waals surface area contributed by atoms with Crippen molar-refractivity contribution in [1.29, 1.82) is 0 Å². The fourth-order valence-corrected chi connectivity index (χ4v) is 3.81. The number of carbonyl (C=O) groups excluding carboxylic acids is 3. The predicted octanol–water partition coefficient (Wildman–Crippen LogP) is 1.83.